The molecule has 170 valence electrons. The second kappa shape index (κ2) is 9.51. The number of aromatic nitrogens is 1. The quantitative estimate of drug-likeness (QED) is 0.559. The second-order valence-electron chi connectivity index (χ2n) is 7.78. The summed E-state index contributed by atoms with van der Waals surface area (Å²) >= 11 is 0. The predicted octanol–water partition coefficient (Wildman–Crippen LogP) is 2.52. The van der Waals surface area contributed by atoms with Gasteiger partial charge in [-0.05, 0) is 54.3 Å². The smallest absolute Gasteiger partial charge is 0.244 e. The number of carbonyl (C=O) groups is 2. The lowest BCUT2D eigenvalue weighted by molar-refractivity contribution is -0.118. The maximum Gasteiger partial charge on any atom is 0.244 e. The lowest BCUT2D eigenvalue weighted by atomic mass is 10.1. The summed E-state index contributed by atoms with van der Waals surface area (Å²) in [6.45, 7) is 2.00. The van der Waals surface area contributed by atoms with E-state index in [4.69, 9.17) is 0 Å². The van der Waals surface area contributed by atoms with E-state index in [1.807, 2.05) is 30.3 Å². The first-order valence-electron chi connectivity index (χ1n) is 10.5. The molecule has 3 aromatic rings. The fourth-order valence-corrected chi connectivity index (χ4v) is 5.06. The summed E-state index contributed by atoms with van der Waals surface area (Å²) in [5.41, 5.74) is 2.31. The van der Waals surface area contributed by atoms with Crippen LogP contribution < -0.4 is 14.9 Å². The summed E-state index contributed by atoms with van der Waals surface area (Å²) < 4.78 is 29.0. The van der Waals surface area contributed by atoms with Crippen molar-refractivity contribution in [3.8, 4) is 0 Å². The molecule has 0 unspecified atom stereocenters. The first kappa shape index (κ1) is 22.6. The van der Waals surface area contributed by atoms with Gasteiger partial charge in [-0.25, -0.2) is 13.4 Å². The first-order valence-corrected chi connectivity index (χ1v) is 12.0. The number of benzene rings is 2. The molecule has 0 aliphatic carbocycles. The van der Waals surface area contributed by atoms with Crippen LogP contribution in [0, 0.1) is 0 Å². The zero-order valence-electron chi connectivity index (χ0n) is 18.1. The van der Waals surface area contributed by atoms with Crippen molar-refractivity contribution in [2.45, 2.75) is 30.7 Å². The number of rotatable bonds is 7. The van der Waals surface area contributed by atoms with E-state index in [-0.39, 0.29) is 17.2 Å². The van der Waals surface area contributed by atoms with Crippen molar-refractivity contribution in [3.05, 3.63) is 84.1 Å². The Balaban J connectivity index is 1.59. The number of amides is 2. The van der Waals surface area contributed by atoms with E-state index in [9.17, 15) is 18.0 Å². The molecule has 2 heterocycles. The average Bonchev–Trinajstić information content (AvgIpc) is 3.24. The Hall–Kier alpha value is -3.56. The van der Waals surface area contributed by atoms with Gasteiger partial charge in [0.05, 0.1) is 4.90 Å². The monoisotopic (exact) mass is 464 g/mol. The molecular weight excluding hydrogens is 440 g/mol. The SMILES string of the molecule is CC(=O)N1CCc2cc(S(=O)(=O)N[C@@H](Cc3ccccc3)C(=O)Nc3ccccn3)ccc21. The van der Waals surface area contributed by atoms with E-state index in [1.165, 1.54) is 13.0 Å². The minimum absolute atomic E-state index is 0.0512. The van der Waals surface area contributed by atoms with Crippen LogP contribution in [0.1, 0.15) is 18.1 Å². The zero-order valence-corrected chi connectivity index (χ0v) is 18.9. The maximum absolute atomic E-state index is 13.2. The highest BCUT2D eigenvalue weighted by Gasteiger charge is 2.29. The Morgan fingerprint density at radius 1 is 1.06 bits per heavy atom. The number of fused-ring (bicyclic) bond motifs is 1. The van der Waals surface area contributed by atoms with Crippen LogP contribution in [0.3, 0.4) is 0 Å². The van der Waals surface area contributed by atoms with Gasteiger partial charge in [0.25, 0.3) is 0 Å². The fraction of sp³-hybridized carbons (Fsp3) is 0.208. The summed E-state index contributed by atoms with van der Waals surface area (Å²) in [5, 5.41) is 2.68. The van der Waals surface area contributed by atoms with E-state index >= 15 is 0 Å². The molecule has 0 bridgehead atoms. The Bertz CT molecular complexity index is 1260. The highest BCUT2D eigenvalue weighted by Crippen LogP contribution is 2.30. The van der Waals surface area contributed by atoms with Crippen LogP contribution in [-0.2, 0) is 32.5 Å². The molecule has 2 amide bonds. The Morgan fingerprint density at radius 3 is 2.52 bits per heavy atom. The third-order valence-corrected chi connectivity index (χ3v) is 6.92. The molecule has 2 N–H and O–H groups in total. The van der Waals surface area contributed by atoms with Gasteiger partial charge in [-0.15, -0.1) is 0 Å². The minimum Gasteiger partial charge on any atom is -0.312 e. The molecule has 9 heteroatoms. The fourth-order valence-electron chi connectivity index (χ4n) is 3.82. The van der Waals surface area contributed by atoms with Crippen molar-refractivity contribution < 1.29 is 18.0 Å². The first-order chi connectivity index (χ1) is 15.8. The van der Waals surface area contributed by atoms with E-state index < -0.39 is 22.0 Å². The lowest BCUT2D eigenvalue weighted by Crippen LogP contribution is -2.45. The van der Waals surface area contributed by atoms with Crippen molar-refractivity contribution in [3.63, 3.8) is 0 Å². The van der Waals surface area contributed by atoms with Gasteiger partial charge in [-0.2, -0.15) is 4.72 Å². The van der Waals surface area contributed by atoms with Gasteiger partial charge in [-0.3, -0.25) is 9.59 Å². The molecule has 8 nitrogen and oxygen atoms in total. The molecule has 0 radical (unpaired) electrons. The number of hydrogen-bond donors (Lipinski definition) is 2. The van der Waals surface area contributed by atoms with Gasteiger partial charge in [0.1, 0.15) is 11.9 Å². The molecule has 4 rings (SSSR count). The molecule has 1 aliphatic heterocycles. The topological polar surface area (TPSA) is 108 Å². The van der Waals surface area contributed by atoms with Crippen LogP contribution in [0.2, 0.25) is 0 Å². The normalized spacial score (nSPS) is 13.9. The largest absolute Gasteiger partial charge is 0.312 e. The summed E-state index contributed by atoms with van der Waals surface area (Å²) in [4.78, 5) is 30.5. The number of hydrogen-bond acceptors (Lipinski definition) is 5. The molecule has 1 aliphatic rings. The van der Waals surface area contributed by atoms with Crippen molar-refractivity contribution in [1.29, 1.82) is 0 Å². The minimum atomic E-state index is -4.01. The van der Waals surface area contributed by atoms with Gasteiger partial charge in [0.2, 0.25) is 21.8 Å². The summed E-state index contributed by atoms with van der Waals surface area (Å²) in [7, 11) is -4.01. The molecule has 0 spiro atoms. The van der Waals surface area contributed by atoms with Gasteiger partial charge < -0.3 is 10.2 Å². The van der Waals surface area contributed by atoms with Crippen molar-refractivity contribution in [2.75, 3.05) is 16.8 Å². The van der Waals surface area contributed by atoms with E-state index in [0.29, 0.717) is 18.8 Å². The third-order valence-electron chi connectivity index (χ3n) is 5.45. The van der Waals surface area contributed by atoms with Crippen LogP contribution in [0.15, 0.2) is 77.8 Å². The van der Waals surface area contributed by atoms with Crippen molar-refractivity contribution in [1.82, 2.24) is 9.71 Å². The third kappa shape index (κ3) is 5.27. The number of pyridine rings is 1. The number of nitrogens with zero attached hydrogens (tertiary/aromatic N) is 2. The number of sulfonamides is 1. The van der Waals surface area contributed by atoms with Gasteiger partial charge in [0, 0.05) is 25.4 Å². The number of nitrogens with one attached hydrogen (secondary N) is 2. The molecule has 0 saturated heterocycles. The van der Waals surface area contributed by atoms with Crippen molar-refractivity contribution in [2.24, 2.45) is 0 Å². The van der Waals surface area contributed by atoms with E-state index in [2.05, 4.69) is 15.0 Å². The lowest BCUT2D eigenvalue weighted by Gasteiger charge is -2.19. The molecule has 1 aromatic heterocycles. The highest BCUT2D eigenvalue weighted by atomic mass is 32.2. The second-order valence-corrected chi connectivity index (χ2v) is 9.49. The van der Waals surface area contributed by atoms with Crippen LogP contribution in [-0.4, -0.2) is 37.8 Å². The van der Waals surface area contributed by atoms with Gasteiger partial charge >= 0.3 is 0 Å². The molecule has 33 heavy (non-hydrogen) atoms. The van der Waals surface area contributed by atoms with Crippen LogP contribution in [0.4, 0.5) is 11.5 Å². The van der Waals surface area contributed by atoms with Crippen LogP contribution in [0.25, 0.3) is 0 Å². The summed E-state index contributed by atoms with van der Waals surface area (Å²) in [6, 6.07) is 17.9. The molecular formula is C24H24N4O4S. The Morgan fingerprint density at radius 2 is 1.82 bits per heavy atom. The standard InChI is InChI=1S/C24H24N4O4S/c1-17(29)28-14-12-19-16-20(10-11-22(19)28)33(31,32)27-21(15-18-7-3-2-4-8-18)24(30)26-23-9-5-6-13-25-23/h2-11,13,16,21,27H,12,14-15H2,1H3,(H,25,26,30)/t21-/m0/s1. The zero-order chi connectivity index (χ0) is 23.4. The van der Waals surface area contributed by atoms with Crippen molar-refractivity contribution >= 4 is 33.3 Å². The van der Waals surface area contributed by atoms with Gasteiger partial charge in [0.15, 0.2) is 0 Å². The number of carbonyl (C=O) groups excluding carboxylic acids is 2. The molecule has 2 aromatic carbocycles. The molecule has 1 atom stereocenters. The molecule has 0 saturated carbocycles. The Kier molecular flexibility index (Phi) is 6.52. The van der Waals surface area contributed by atoms with Gasteiger partial charge in [-0.1, -0.05) is 36.4 Å². The summed E-state index contributed by atoms with van der Waals surface area (Å²) in [6.07, 6.45) is 2.29. The maximum atomic E-state index is 13.2. The predicted molar refractivity (Wildman–Crippen MR) is 125 cm³/mol. The van der Waals surface area contributed by atoms with E-state index in [0.717, 1.165) is 16.8 Å². The van der Waals surface area contributed by atoms with Crippen LogP contribution >= 0.6 is 0 Å². The molecule has 0 fully saturated rings. The average molecular weight is 465 g/mol. The van der Waals surface area contributed by atoms with Crippen LogP contribution in [0.5, 0.6) is 0 Å². The summed E-state index contributed by atoms with van der Waals surface area (Å²) in [5.74, 6) is -0.261. The number of anilines is 2. The van der Waals surface area contributed by atoms with E-state index in [1.54, 1.807) is 41.4 Å². The Labute approximate surface area is 192 Å². The highest BCUT2D eigenvalue weighted by molar-refractivity contribution is 7.89.